The molecule has 0 spiro atoms. The minimum Gasteiger partial charge on any atom is -0.395 e. The maximum absolute atomic E-state index is 9.04. The number of hydrogen-bond donors (Lipinski definition) is 2. The van der Waals surface area contributed by atoms with E-state index in [1.54, 1.807) is 12.4 Å². The van der Waals surface area contributed by atoms with Crippen LogP contribution in [-0.2, 0) is 0 Å². The lowest BCUT2D eigenvalue weighted by Gasteiger charge is -2.31. The molecule has 1 aromatic rings. The first-order valence-corrected chi connectivity index (χ1v) is 5.51. The van der Waals surface area contributed by atoms with E-state index in [1.807, 2.05) is 6.92 Å². The first-order valence-electron chi connectivity index (χ1n) is 5.51. The van der Waals surface area contributed by atoms with Crippen LogP contribution in [0.2, 0.25) is 0 Å². The van der Waals surface area contributed by atoms with Crippen molar-refractivity contribution in [2.45, 2.75) is 32.9 Å². The molecule has 16 heavy (non-hydrogen) atoms. The summed E-state index contributed by atoms with van der Waals surface area (Å²) in [6.07, 6.45) is 3.22. The zero-order valence-corrected chi connectivity index (χ0v) is 10.1. The largest absolute Gasteiger partial charge is 0.395 e. The summed E-state index contributed by atoms with van der Waals surface area (Å²) in [5.41, 5.74) is 6.56. The molecule has 1 heterocycles. The van der Waals surface area contributed by atoms with Crippen LogP contribution in [0.1, 0.15) is 32.5 Å². The summed E-state index contributed by atoms with van der Waals surface area (Å²) in [7, 11) is 0. The van der Waals surface area contributed by atoms with Gasteiger partial charge in [-0.3, -0.25) is 9.88 Å². The highest BCUT2D eigenvalue weighted by molar-refractivity contribution is 5.35. The number of nitrogens with two attached hydrogens (primary N) is 1. The van der Waals surface area contributed by atoms with Gasteiger partial charge in [0, 0.05) is 25.0 Å². The van der Waals surface area contributed by atoms with Gasteiger partial charge in [0.1, 0.15) is 5.82 Å². The van der Waals surface area contributed by atoms with Gasteiger partial charge in [-0.05, 0) is 20.8 Å². The third-order valence-corrected chi connectivity index (χ3v) is 2.67. The molecule has 0 radical (unpaired) electrons. The van der Waals surface area contributed by atoms with Gasteiger partial charge in [-0.15, -0.1) is 0 Å². The second-order valence-electron chi connectivity index (χ2n) is 4.06. The Morgan fingerprint density at radius 2 is 1.94 bits per heavy atom. The Bertz CT molecular complexity index is 330. The number of nitrogens with zero attached hydrogens (tertiary/aromatic N) is 3. The summed E-state index contributed by atoms with van der Waals surface area (Å²) in [5, 5.41) is 9.04. The first kappa shape index (κ1) is 12.9. The van der Waals surface area contributed by atoms with Gasteiger partial charge in [-0.1, -0.05) is 0 Å². The minimum atomic E-state index is 0.0563. The average Bonchev–Trinajstić information content (AvgIpc) is 2.25. The SMILES string of the molecule is CC(C)N(CCO)C(C)c1nccnc1N. The third kappa shape index (κ3) is 2.90. The maximum Gasteiger partial charge on any atom is 0.146 e. The van der Waals surface area contributed by atoms with Crippen molar-refractivity contribution in [2.24, 2.45) is 0 Å². The van der Waals surface area contributed by atoms with Gasteiger partial charge in [0.25, 0.3) is 0 Å². The van der Waals surface area contributed by atoms with Crippen molar-refractivity contribution in [3.8, 4) is 0 Å². The zero-order valence-electron chi connectivity index (χ0n) is 10.1. The smallest absolute Gasteiger partial charge is 0.146 e. The minimum absolute atomic E-state index is 0.0563. The Morgan fingerprint density at radius 1 is 1.31 bits per heavy atom. The Kier molecular flexibility index (Phi) is 4.64. The topological polar surface area (TPSA) is 75.3 Å². The van der Waals surface area contributed by atoms with Crippen molar-refractivity contribution in [2.75, 3.05) is 18.9 Å². The van der Waals surface area contributed by atoms with Crippen LogP contribution >= 0.6 is 0 Å². The number of aliphatic hydroxyl groups is 1. The van der Waals surface area contributed by atoms with E-state index in [0.29, 0.717) is 18.4 Å². The van der Waals surface area contributed by atoms with E-state index >= 15 is 0 Å². The van der Waals surface area contributed by atoms with Crippen molar-refractivity contribution in [1.29, 1.82) is 0 Å². The molecule has 0 aliphatic carbocycles. The molecule has 1 atom stereocenters. The van der Waals surface area contributed by atoms with E-state index in [4.69, 9.17) is 10.8 Å². The summed E-state index contributed by atoms with van der Waals surface area (Å²) in [4.78, 5) is 10.4. The third-order valence-electron chi connectivity index (χ3n) is 2.67. The zero-order chi connectivity index (χ0) is 12.1. The molecule has 0 saturated heterocycles. The van der Waals surface area contributed by atoms with Crippen LogP contribution in [0.25, 0.3) is 0 Å². The summed E-state index contributed by atoms with van der Waals surface area (Å²) in [6, 6.07) is 0.379. The molecule has 1 unspecified atom stereocenters. The predicted octanol–water partition coefficient (Wildman–Crippen LogP) is 0.823. The van der Waals surface area contributed by atoms with Crippen molar-refractivity contribution in [3.05, 3.63) is 18.1 Å². The number of rotatable bonds is 5. The molecule has 5 heteroatoms. The van der Waals surface area contributed by atoms with Gasteiger partial charge in [0.15, 0.2) is 0 Å². The monoisotopic (exact) mass is 224 g/mol. The summed E-state index contributed by atoms with van der Waals surface area (Å²) < 4.78 is 0. The van der Waals surface area contributed by atoms with Crippen LogP contribution < -0.4 is 5.73 Å². The van der Waals surface area contributed by atoms with E-state index in [-0.39, 0.29) is 12.6 Å². The molecule has 5 nitrogen and oxygen atoms in total. The van der Waals surface area contributed by atoms with Crippen LogP contribution in [0.15, 0.2) is 12.4 Å². The standard InChI is InChI=1S/C11H20N4O/c1-8(2)15(6-7-16)9(3)10-11(12)14-5-4-13-10/h4-5,8-9,16H,6-7H2,1-3H3,(H2,12,14). The number of aromatic nitrogens is 2. The van der Waals surface area contributed by atoms with Crippen LogP contribution in [0.3, 0.4) is 0 Å². The van der Waals surface area contributed by atoms with Gasteiger partial charge < -0.3 is 10.8 Å². The van der Waals surface area contributed by atoms with Gasteiger partial charge in [-0.2, -0.15) is 0 Å². The molecule has 0 amide bonds. The quantitative estimate of drug-likeness (QED) is 0.774. The van der Waals surface area contributed by atoms with Gasteiger partial charge in [-0.25, -0.2) is 4.98 Å². The number of anilines is 1. The van der Waals surface area contributed by atoms with Gasteiger partial charge >= 0.3 is 0 Å². The summed E-state index contributed by atoms with van der Waals surface area (Å²) in [6.45, 7) is 6.92. The Hall–Kier alpha value is -1.20. The lowest BCUT2D eigenvalue weighted by molar-refractivity contribution is 0.124. The fraction of sp³-hybridized carbons (Fsp3) is 0.636. The second-order valence-corrected chi connectivity index (χ2v) is 4.06. The van der Waals surface area contributed by atoms with Crippen LogP contribution in [0.4, 0.5) is 5.82 Å². The Labute approximate surface area is 96.3 Å². The van der Waals surface area contributed by atoms with E-state index in [2.05, 4.69) is 28.7 Å². The number of aliphatic hydroxyl groups excluding tert-OH is 1. The molecule has 0 fully saturated rings. The van der Waals surface area contributed by atoms with Crippen LogP contribution in [-0.4, -0.2) is 39.2 Å². The van der Waals surface area contributed by atoms with E-state index in [9.17, 15) is 0 Å². The molecule has 0 bridgehead atoms. The molecule has 0 aliphatic heterocycles. The molecule has 0 aromatic carbocycles. The molecule has 1 aromatic heterocycles. The van der Waals surface area contributed by atoms with E-state index in [1.165, 1.54) is 0 Å². The lowest BCUT2D eigenvalue weighted by atomic mass is 10.1. The van der Waals surface area contributed by atoms with Crippen molar-refractivity contribution >= 4 is 5.82 Å². The molecule has 3 N–H and O–H groups in total. The van der Waals surface area contributed by atoms with Crippen molar-refractivity contribution in [1.82, 2.24) is 14.9 Å². The fourth-order valence-electron chi connectivity index (χ4n) is 1.85. The molecule has 1 rings (SSSR count). The molecular weight excluding hydrogens is 204 g/mol. The fourth-order valence-corrected chi connectivity index (χ4v) is 1.85. The molecule has 90 valence electrons. The summed E-state index contributed by atoms with van der Waals surface area (Å²) >= 11 is 0. The normalized spacial score (nSPS) is 13.4. The predicted molar refractivity (Wildman–Crippen MR) is 63.8 cm³/mol. The second kappa shape index (κ2) is 5.77. The molecule has 0 aliphatic rings. The molecular formula is C11H20N4O. The average molecular weight is 224 g/mol. The van der Waals surface area contributed by atoms with Crippen LogP contribution in [0, 0.1) is 0 Å². The Morgan fingerprint density at radius 3 is 2.44 bits per heavy atom. The van der Waals surface area contributed by atoms with E-state index < -0.39 is 0 Å². The highest BCUT2D eigenvalue weighted by atomic mass is 16.3. The van der Waals surface area contributed by atoms with Crippen molar-refractivity contribution in [3.63, 3.8) is 0 Å². The highest BCUT2D eigenvalue weighted by Gasteiger charge is 2.21. The van der Waals surface area contributed by atoms with Gasteiger partial charge in [0.2, 0.25) is 0 Å². The first-order chi connectivity index (χ1) is 7.57. The van der Waals surface area contributed by atoms with Gasteiger partial charge in [0.05, 0.1) is 18.3 Å². The molecule has 0 saturated carbocycles. The maximum atomic E-state index is 9.04. The number of nitrogen functional groups attached to an aromatic ring is 1. The van der Waals surface area contributed by atoms with Crippen molar-refractivity contribution < 1.29 is 5.11 Å². The summed E-state index contributed by atoms with van der Waals surface area (Å²) in [5.74, 6) is 0.457. The number of hydrogen-bond acceptors (Lipinski definition) is 5. The van der Waals surface area contributed by atoms with Crippen LogP contribution in [0.5, 0.6) is 0 Å². The highest BCUT2D eigenvalue weighted by Crippen LogP contribution is 2.23. The van der Waals surface area contributed by atoms with E-state index in [0.717, 1.165) is 5.69 Å². The lowest BCUT2D eigenvalue weighted by Crippen LogP contribution is -2.36. The Balaban J connectivity index is 2.90.